The van der Waals surface area contributed by atoms with Crippen molar-refractivity contribution in [2.45, 2.75) is 56.6 Å². The van der Waals surface area contributed by atoms with E-state index in [1.165, 1.54) is 38.5 Å². The second kappa shape index (κ2) is 5.48. The van der Waals surface area contributed by atoms with Gasteiger partial charge in [-0.2, -0.15) is 0 Å². The van der Waals surface area contributed by atoms with E-state index in [1.807, 2.05) is 0 Å². The fourth-order valence-corrected chi connectivity index (χ4v) is 2.97. The summed E-state index contributed by atoms with van der Waals surface area (Å²) in [6, 6.07) is 0. The van der Waals surface area contributed by atoms with Crippen LogP contribution in [0.4, 0.5) is 0 Å². The molecule has 1 saturated carbocycles. The van der Waals surface area contributed by atoms with E-state index < -0.39 is 0 Å². The summed E-state index contributed by atoms with van der Waals surface area (Å²) in [6.07, 6.45) is 9.19. The average Bonchev–Trinajstić information content (AvgIpc) is 2.88. The number of nitrogens with zero attached hydrogens (tertiary/aromatic N) is 1. The fourth-order valence-electron chi connectivity index (χ4n) is 2.97. The molecular weight excluding hydrogens is 200 g/mol. The second-order valence-corrected chi connectivity index (χ2v) is 5.72. The van der Waals surface area contributed by atoms with Gasteiger partial charge in [0.25, 0.3) is 0 Å². The average molecular weight is 226 g/mol. The Kier molecular flexibility index (Phi) is 4.22. The molecule has 2 rings (SSSR count). The van der Waals surface area contributed by atoms with Crippen LogP contribution in [0, 0.1) is 0 Å². The highest BCUT2D eigenvalue weighted by molar-refractivity contribution is 4.89. The summed E-state index contributed by atoms with van der Waals surface area (Å²) in [5, 5.41) is 0. The van der Waals surface area contributed by atoms with Gasteiger partial charge in [0.2, 0.25) is 0 Å². The smallest absolute Gasteiger partial charge is 0.0702 e. The summed E-state index contributed by atoms with van der Waals surface area (Å²) in [4.78, 5) is 2.39. The van der Waals surface area contributed by atoms with Crippen molar-refractivity contribution >= 4 is 0 Å². The SMILES string of the molecule is CN(CCC1(N)CCCC1)CC1CCCO1. The zero-order chi connectivity index (χ0) is 11.4. The molecule has 1 aliphatic heterocycles. The van der Waals surface area contributed by atoms with Gasteiger partial charge in [-0.15, -0.1) is 0 Å². The molecule has 3 nitrogen and oxygen atoms in total. The highest BCUT2D eigenvalue weighted by atomic mass is 16.5. The lowest BCUT2D eigenvalue weighted by atomic mass is 9.94. The van der Waals surface area contributed by atoms with Gasteiger partial charge in [0.05, 0.1) is 6.10 Å². The van der Waals surface area contributed by atoms with Gasteiger partial charge in [-0.3, -0.25) is 0 Å². The molecule has 2 N–H and O–H groups in total. The predicted octanol–water partition coefficient (Wildman–Crippen LogP) is 1.76. The maximum Gasteiger partial charge on any atom is 0.0702 e. The van der Waals surface area contributed by atoms with Gasteiger partial charge >= 0.3 is 0 Å². The Morgan fingerprint density at radius 2 is 2.06 bits per heavy atom. The molecule has 1 saturated heterocycles. The number of ether oxygens (including phenoxy) is 1. The standard InChI is InChI=1S/C13H26N2O/c1-15(11-12-5-4-10-16-12)9-8-13(14)6-2-3-7-13/h12H,2-11,14H2,1H3. The lowest BCUT2D eigenvalue weighted by molar-refractivity contribution is 0.0790. The second-order valence-electron chi connectivity index (χ2n) is 5.72. The lowest BCUT2D eigenvalue weighted by Gasteiger charge is -2.27. The van der Waals surface area contributed by atoms with Gasteiger partial charge < -0.3 is 15.4 Å². The molecule has 1 unspecified atom stereocenters. The Hall–Kier alpha value is -0.120. The van der Waals surface area contributed by atoms with E-state index in [-0.39, 0.29) is 5.54 Å². The molecule has 94 valence electrons. The van der Waals surface area contributed by atoms with Crippen molar-refractivity contribution < 1.29 is 4.74 Å². The van der Waals surface area contributed by atoms with Crippen LogP contribution in [0.5, 0.6) is 0 Å². The quantitative estimate of drug-likeness (QED) is 0.776. The van der Waals surface area contributed by atoms with E-state index in [0.717, 1.165) is 26.1 Å². The summed E-state index contributed by atoms with van der Waals surface area (Å²) >= 11 is 0. The van der Waals surface area contributed by atoms with Gasteiger partial charge in [0.15, 0.2) is 0 Å². The summed E-state index contributed by atoms with van der Waals surface area (Å²) in [5.74, 6) is 0. The van der Waals surface area contributed by atoms with Crippen LogP contribution in [0.2, 0.25) is 0 Å². The van der Waals surface area contributed by atoms with E-state index in [1.54, 1.807) is 0 Å². The third-order valence-corrected chi connectivity index (χ3v) is 4.13. The first-order valence-electron chi connectivity index (χ1n) is 6.77. The van der Waals surface area contributed by atoms with Crippen molar-refractivity contribution in [2.75, 3.05) is 26.7 Å². The maximum absolute atomic E-state index is 6.36. The Morgan fingerprint density at radius 1 is 1.31 bits per heavy atom. The molecule has 0 bridgehead atoms. The molecule has 1 atom stereocenters. The third-order valence-electron chi connectivity index (χ3n) is 4.13. The zero-order valence-corrected chi connectivity index (χ0v) is 10.6. The van der Waals surface area contributed by atoms with E-state index in [2.05, 4.69) is 11.9 Å². The first kappa shape index (κ1) is 12.3. The van der Waals surface area contributed by atoms with Gasteiger partial charge in [-0.1, -0.05) is 12.8 Å². The van der Waals surface area contributed by atoms with Gasteiger partial charge in [-0.25, -0.2) is 0 Å². The van der Waals surface area contributed by atoms with Crippen LogP contribution in [-0.2, 0) is 4.74 Å². The molecule has 0 aromatic heterocycles. The monoisotopic (exact) mass is 226 g/mol. The Morgan fingerprint density at radius 3 is 2.69 bits per heavy atom. The summed E-state index contributed by atoms with van der Waals surface area (Å²) in [6.45, 7) is 3.16. The number of hydrogen-bond donors (Lipinski definition) is 1. The first-order chi connectivity index (χ1) is 7.68. The summed E-state index contributed by atoms with van der Waals surface area (Å²) < 4.78 is 5.65. The van der Waals surface area contributed by atoms with Crippen molar-refractivity contribution in [3.8, 4) is 0 Å². The minimum atomic E-state index is 0.144. The van der Waals surface area contributed by atoms with Crippen molar-refractivity contribution in [2.24, 2.45) is 5.73 Å². The number of hydrogen-bond acceptors (Lipinski definition) is 3. The molecule has 1 aliphatic carbocycles. The Labute approximate surface area is 99.3 Å². The molecule has 0 amide bonds. The Balaban J connectivity index is 1.64. The topological polar surface area (TPSA) is 38.5 Å². The van der Waals surface area contributed by atoms with Crippen LogP contribution in [0.25, 0.3) is 0 Å². The van der Waals surface area contributed by atoms with Crippen LogP contribution in [0.3, 0.4) is 0 Å². The van der Waals surface area contributed by atoms with E-state index in [0.29, 0.717) is 6.10 Å². The van der Waals surface area contributed by atoms with Crippen LogP contribution in [0.15, 0.2) is 0 Å². The minimum Gasteiger partial charge on any atom is -0.377 e. The summed E-state index contributed by atoms with van der Waals surface area (Å²) in [5.41, 5.74) is 6.50. The molecule has 0 radical (unpaired) electrons. The van der Waals surface area contributed by atoms with Crippen molar-refractivity contribution in [3.05, 3.63) is 0 Å². The molecule has 0 spiro atoms. The molecule has 16 heavy (non-hydrogen) atoms. The van der Waals surface area contributed by atoms with Crippen LogP contribution in [0.1, 0.15) is 44.9 Å². The van der Waals surface area contributed by atoms with E-state index in [4.69, 9.17) is 10.5 Å². The Bertz CT molecular complexity index is 208. The number of nitrogens with two attached hydrogens (primary N) is 1. The maximum atomic E-state index is 6.36. The van der Waals surface area contributed by atoms with Gasteiger partial charge in [0, 0.05) is 18.7 Å². The number of likely N-dealkylation sites (N-methyl/N-ethyl adjacent to an activating group) is 1. The zero-order valence-electron chi connectivity index (χ0n) is 10.6. The van der Waals surface area contributed by atoms with Gasteiger partial charge in [0.1, 0.15) is 0 Å². The van der Waals surface area contributed by atoms with Crippen molar-refractivity contribution in [3.63, 3.8) is 0 Å². The predicted molar refractivity (Wildman–Crippen MR) is 66.5 cm³/mol. The van der Waals surface area contributed by atoms with E-state index in [9.17, 15) is 0 Å². The first-order valence-corrected chi connectivity index (χ1v) is 6.77. The van der Waals surface area contributed by atoms with Crippen LogP contribution in [-0.4, -0.2) is 43.3 Å². The lowest BCUT2D eigenvalue weighted by Crippen LogP contribution is -2.41. The molecule has 0 aromatic rings. The third kappa shape index (κ3) is 3.44. The van der Waals surface area contributed by atoms with Gasteiger partial charge in [-0.05, 0) is 45.7 Å². The van der Waals surface area contributed by atoms with Crippen molar-refractivity contribution in [1.82, 2.24) is 4.90 Å². The fraction of sp³-hybridized carbons (Fsp3) is 1.00. The number of rotatable bonds is 5. The molecule has 2 aliphatic rings. The minimum absolute atomic E-state index is 0.144. The summed E-state index contributed by atoms with van der Waals surface area (Å²) in [7, 11) is 2.19. The van der Waals surface area contributed by atoms with Crippen LogP contribution >= 0.6 is 0 Å². The molecule has 3 heteroatoms. The van der Waals surface area contributed by atoms with Crippen molar-refractivity contribution in [1.29, 1.82) is 0 Å². The van der Waals surface area contributed by atoms with E-state index >= 15 is 0 Å². The molecule has 1 heterocycles. The normalized spacial score (nSPS) is 29.1. The molecule has 0 aromatic carbocycles. The largest absolute Gasteiger partial charge is 0.377 e. The highest BCUT2D eigenvalue weighted by Crippen LogP contribution is 2.30. The highest BCUT2D eigenvalue weighted by Gasteiger charge is 2.29. The molecular formula is C13H26N2O. The van der Waals surface area contributed by atoms with Crippen LogP contribution < -0.4 is 5.73 Å². The molecule has 2 fully saturated rings.